The predicted molar refractivity (Wildman–Crippen MR) is 164 cm³/mol. The number of nitrogens with zero attached hydrogens (tertiary/aromatic N) is 4. The van der Waals surface area contributed by atoms with Crippen molar-refractivity contribution in [2.75, 3.05) is 31.1 Å². The molecule has 0 unspecified atom stereocenters. The number of carbonyl (C=O) groups is 1. The van der Waals surface area contributed by atoms with Gasteiger partial charge in [-0.1, -0.05) is 29.8 Å². The molecule has 1 N–H and O–H groups in total. The summed E-state index contributed by atoms with van der Waals surface area (Å²) in [5.41, 5.74) is 5.28. The molecule has 41 heavy (non-hydrogen) atoms. The maximum absolute atomic E-state index is 13.0. The van der Waals surface area contributed by atoms with Gasteiger partial charge in [-0.15, -0.1) is 11.3 Å². The minimum absolute atomic E-state index is 0.0947. The Bertz CT molecular complexity index is 1530. The second kappa shape index (κ2) is 12.3. The van der Waals surface area contributed by atoms with Crippen molar-refractivity contribution in [2.45, 2.75) is 51.3 Å². The number of hydrogen-bond donors (Lipinski definition) is 1. The molecular weight excluding hydrogens is 530 g/mol. The van der Waals surface area contributed by atoms with E-state index in [0.29, 0.717) is 10.6 Å². The van der Waals surface area contributed by atoms with Crippen LogP contribution in [0.4, 0.5) is 5.69 Å². The average Bonchev–Trinajstić information content (AvgIpc) is 3.43. The molecule has 2 fully saturated rings. The molecule has 3 heterocycles. The summed E-state index contributed by atoms with van der Waals surface area (Å²) in [4.78, 5) is 22.5. The molecule has 2 saturated heterocycles. The summed E-state index contributed by atoms with van der Waals surface area (Å²) in [6.07, 6.45) is 3.97. The first-order valence-corrected chi connectivity index (χ1v) is 15.3. The summed E-state index contributed by atoms with van der Waals surface area (Å²) in [7, 11) is 0. The molecule has 2 aliphatic rings. The van der Waals surface area contributed by atoms with Crippen LogP contribution in [0, 0.1) is 18.3 Å². The van der Waals surface area contributed by atoms with Crippen LogP contribution in [-0.2, 0) is 6.54 Å². The first-order valence-electron chi connectivity index (χ1n) is 14.4. The Labute approximate surface area is 245 Å². The van der Waals surface area contributed by atoms with Crippen molar-refractivity contribution < 1.29 is 9.53 Å². The summed E-state index contributed by atoms with van der Waals surface area (Å²) in [6.45, 7) is 6.79. The van der Waals surface area contributed by atoms with Gasteiger partial charge in [0.05, 0.1) is 21.8 Å². The van der Waals surface area contributed by atoms with Gasteiger partial charge in [0, 0.05) is 57.3 Å². The van der Waals surface area contributed by atoms with Gasteiger partial charge in [-0.25, -0.2) is 4.98 Å². The lowest BCUT2D eigenvalue weighted by molar-refractivity contribution is 0.0908. The molecule has 0 saturated carbocycles. The second-order valence-electron chi connectivity index (χ2n) is 11.1. The number of thiazole rings is 1. The number of likely N-dealkylation sites (tertiary alicyclic amines) is 1. The molecule has 4 aromatic rings. The number of aromatic nitrogens is 1. The Morgan fingerprint density at radius 3 is 2.44 bits per heavy atom. The lowest BCUT2D eigenvalue weighted by atomic mass is 10.0. The third kappa shape index (κ3) is 6.70. The van der Waals surface area contributed by atoms with Crippen LogP contribution in [0.25, 0.3) is 10.2 Å². The molecule has 0 radical (unpaired) electrons. The Balaban J connectivity index is 0.987. The zero-order chi connectivity index (χ0) is 28.2. The highest BCUT2D eigenvalue weighted by Crippen LogP contribution is 2.29. The minimum atomic E-state index is -0.0947. The molecule has 0 bridgehead atoms. The summed E-state index contributed by atoms with van der Waals surface area (Å²) in [5.74, 6) is 0.749. The van der Waals surface area contributed by atoms with E-state index >= 15 is 0 Å². The number of fused-ring (bicyclic) bond motifs is 1. The first-order chi connectivity index (χ1) is 20.0. The van der Waals surface area contributed by atoms with Crippen LogP contribution in [0.15, 0.2) is 66.7 Å². The molecule has 0 spiro atoms. The number of ether oxygens (including phenoxy) is 1. The van der Waals surface area contributed by atoms with Crippen molar-refractivity contribution >= 4 is 33.1 Å². The standard InChI is InChI=1S/C33H35N5O2S/c1-23-2-8-27(9-3-23)38-18-14-28(15-19-38)40-29-10-11-30-31(20-29)41-33(36-30)32(39)35-26-12-16-37(17-13-26)22-25-6-4-24(21-34)5-7-25/h2-11,20,26,28H,12-19,22H2,1H3,(H,35,39). The second-order valence-corrected chi connectivity index (χ2v) is 12.2. The number of anilines is 1. The van der Waals surface area contributed by atoms with E-state index in [-0.39, 0.29) is 18.1 Å². The highest BCUT2D eigenvalue weighted by Gasteiger charge is 2.24. The Morgan fingerprint density at radius 1 is 1.00 bits per heavy atom. The molecule has 0 aliphatic carbocycles. The largest absolute Gasteiger partial charge is 0.490 e. The monoisotopic (exact) mass is 565 g/mol. The lowest BCUT2D eigenvalue weighted by Crippen LogP contribution is -2.44. The van der Waals surface area contributed by atoms with Crippen LogP contribution in [0.3, 0.4) is 0 Å². The molecule has 1 amide bonds. The molecule has 3 aromatic carbocycles. The number of aryl methyl sites for hydroxylation is 1. The van der Waals surface area contributed by atoms with Crippen LogP contribution in [0.2, 0.25) is 0 Å². The van der Waals surface area contributed by atoms with Crippen molar-refractivity contribution in [3.05, 3.63) is 88.4 Å². The van der Waals surface area contributed by atoms with Crippen molar-refractivity contribution in [3.8, 4) is 11.8 Å². The van der Waals surface area contributed by atoms with E-state index in [4.69, 9.17) is 10.00 Å². The first kappa shape index (κ1) is 27.3. The normalized spacial score (nSPS) is 16.9. The van der Waals surface area contributed by atoms with E-state index in [1.807, 2.05) is 42.5 Å². The SMILES string of the molecule is Cc1ccc(N2CCC(Oc3ccc4nc(C(=O)NC5CCN(Cc6ccc(C#N)cc6)CC5)sc4c3)CC2)cc1. The fraction of sp³-hybridized carbons (Fsp3) is 0.364. The Morgan fingerprint density at radius 2 is 1.73 bits per heavy atom. The third-order valence-electron chi connectivity index (χ3n) is 8.11. The van der Waals surface area contributed by atoms with Gasteiger partial charge >= 0.3 is 0 Å². The molecule has 210 valence electrons. The van der Waals surface area contributed by atoms with Crippen molar-refractivity contribution in [3.63, 3.8) is 0 Å². The fourth-order valence-electron chi connectivity index (χ4n) is 5.68. The number of nitriles is 1. The highest BCUT2D eigenvalue weighted by molar-refractivity contribution is 7.20. The Kier molecular flexibility index (Phi) is 8.17. The van der Waals surface area contributed by atoms with E-state index < -0.39 is 0 Å². The summed E-state index contributed by atoms with van der Waals surface area (Å²) >= 11 is 1.43. The minimum Gasteiger partial charge on any atom is -0.490 e. The van der Waals surface area contributed by atoms with Crippen LogP contribution in [0.1, 0.15) is 52.2 Å². The number of piperidine rings is 2. The number of nitrogens with one attached hydrogen (secondary N) is 1. The van der Waals surface area contributed by atoms with Crippen LogP contribution in [-0.4, -0.2) is 54.1 Å². The van der Waals surface area contributed by atoms with Gasteiger partial charge in [0.1, 0.15) is 11.9 Å². The average molecular weight is 566 g/mol. The van der Waals surface area contributed by atoms with Crippen molar-refractivity contribution in [1.82, 2.24) is 15.2 Å². The molecule has 7 nitrogen and oxygen atoms in total. The molecule has 1 aromatic heterocycles. The van der Waals surface area contributed by atoms with Gasteiger partial charge in [0.15, 0.2) is 5.01 Å². The molecule has 0 atom stereocenters. The van der Waals surface area contributed by atoms with Crippen LogP contribution < -0.4 is 15.0 Å². The topological polar surface area (TPSA) is 81.5 Å². The van der Waals surface area contributed by atoms with Crippen LogP contribution in [0.5, 0.6) is 5.75 Å². The van der Waals surface area contributed by atoms with E-state index in [1.165, 1.54) is 28.2 Å². The van der Waals surface area contributed by atoms with Gasteiger partial charge in [-0.2, -0.15) is 5.26 Å². The summed E-state index contributed by atoms with van der Waals surface area (Å²) in [5, 5.41) is 12.7. The number of hydrogen-bond acceptors (Lipinski definition) is 7. The lowest BCUT2D eigenvalue weighted by Gasteiger charge is -2.33. The fourth-order valence-corrected chi connectivity index (χ4v) is 6.58. The molecule has 8 heteroatoms. The third-order valence-corrected chi connectivity index (χ3v) is 9.13. The number of amides is 1. The van der Waals surface area contributed by atoms with Crippen molar-refractivity contribution in [1.29, 1.82) is 5.26 Å². The van der Waals surface area contributed by atoms with Crippen molar-refractivity contribution in [2.24, 2.45) is 0 Å². The molecule has 2 aliphatic heterocycles. The van der Waals surface area contributed by atoms with E-state index in [0.717, 1.165) is 74.4 Å². The number of carbonyl (C=O) groups excluding carboxylic acids is 1. The van der Waals surface area contributed by atoms with E-state index in [9.17, 15) is 4.79 Å². The quantitative estimate of drug-likeness (QED) is 0.300. The van der Waals surface area contributed by atoms with Gasteiger partial charge in [0.2, 0.25) is 0 Å². The van der Waals surface area contributed by atoms with E-state index in [2.05, 4.69) is 57.4 Å². The molecular formula is C33H35N5O2S. The van der Waals surface area contributed by atoms with Gasteiger partial charge in [-0.05, 0) is 67.8 Å². The van der Waals surface area contributed by atoms with Gasteiger partial charge < -0.3 is 15.0 Å². The Hall–Kier alpha value is -3.93. The number of benzene rings is 3. The number of rotatable bonds is 7. The van der Waals surface area contributed by atoms with Gasteiger partial charge in [0.25, 0.3) is 5.91 Å². The maximum Gasteiger partial charge on any atom is 0.280 e. The van der Waals surface area contributed by atoms with Gasteiger partial charge in [-0.3, -0.25) is 9.69 Å². The summed E-state index contributed by atoms with van der Waals surface area (Å²) < 4.78 is 7.33. The predicted octanol–water partition coefficient (Wildman–Crippen LogP) is 5.92. The van der Waals surface area contributed by atoms with Crippen LogP contribution >= 0.6 is 11.3 Å². The van der Waals surface area contributed by atoms with E-state index in [1.54, 1.807) is 0 Å². The zero-order valence-corrected chi connectivity index (χ0v) is 24.2. The smallest absolute Gasteiger partial charge is 0.280 e. The molecule has 6 rings (SSSR count). The maximum atomic E-state index is 13.0. The zero-order valence-electron chi connectivity index (χ0n) is 23.4. The summed E-state index contributed by atoms with van der Waals surface area (Å²) in [6, 6.07) is 24.8. The highest BCUT2D eigenvalue weighted by atomic mass is 32.1.